The Morgan fingerprint density at radius 3 is 2.45 bits per heavy atom. The Labute approximate surface area is 256 Å². The fourth-order valence-electron chi connectivity index (χ4n) is 5.74. The number of nitrogens with one attached hydrogen (secondary N) is 1. The second-order valence-electron chi connectivity index (χ2n) is 10.7. The summed E-state index contributed by atoms with van der Waals surface area (Å²) in [6.45, 7) is 4.57. The van der Waals surface area contributed by atoms with Crippen LogP contribution in [0.2, 0.25) is 0 Å². The number of piperazine rings is 1. The van der Waals surface area contributed by atoms with Crippen LogP contribution in [0, 0.1) is 0 Å². The molecule has 2 aliphatic rings. The molecule has 3 aromatic carbocycles. The Hall–Kier alpha value is -5.03. The molecule has 0 radical (unpaired) electrons. The lowest BCUT2D eigenvalue weighted by molar-refractivity contribution is -0.189. The molecule has 2 saturated heterocycles. The molecular weight excluding hydrogens is 562 g/mol. The zero-order chi connectivity index (χ0) is 31.2. The van der Waals surface area contributed by atoms with E-state index in [-0.39, 0.29) is 50.2 Å². The molecule has 11 heteroatoms. The van der Waals surface area contributed by atoms with Gasteiger partial charge in [0.2, 0.25) is 11.8 Å². The molecule has 44 heavy (non-hydrogen) atoms. The van der Waals surface area contributed by atoms with Gasteiger partial charge in [-0.25, -0.2) is 14.8 Å². The van der Waals surface area contributed by atoms with Crippen LogP contribution in [0.25, 0.3) is 0 Å². The van der Waals surface area contributed by atoms with Crippen molar-refractivity contribution >= 4 is 17.8 Å². The van der Waals surface area contributed by atoms with Crippen LogP contribution in [0.4, 0.5) is 4.79 Å². The fourth-order valence-corrected chi connectivity index (χ4v) is 5.74. The number of urea groups is 1. The van der Waals surface area contributed by atoms with Crippen LogP contribution >= 0.6 is 0 Å². The molecule has 4 amide bonds. The van der Waals surface area contributed by atoms with Gasteiger partial charge in [0, 0.05) is 37.7 Å². The zero-order valence-electron chi connectivity index (χ0n) is 24.9. The number of phenols is 1. The monoisotopic (exact) mass is 599 g/mol. The lowest BCUT2D eigenvalue weighted by Gasteiger charge is -2.55. The van der Waals surface area contributed by atoms with E-state index in [4.69, 9.17) is 9.47 Å². The second kappa shape index (κ2) is 13.5. The van der Waals surface area contributed by atoms with Crippen molar-refractivity contribution in [2.24, 2.45) is 0 Å². The van der Waals surface area contributed by atoms with Crippen LogP contribution in [-0.4, -0.2) is 88.8 Å². The quantitative estimate of drug-likeness (QED) is 0.344. The molecule has 11 nitrogen and oxygen atoms in total. The predicted molar refractivity (Wildman–Crippen MR) is 163 cm³/mol. The van der Waals surface area contributed by atoms with Gasteiger partial charge in [-0.15, -0.1) is 6.58 Å². The smallest absolute Gasteiger partial charge is 0.334 e. The average Bonchev–Trinajstić information content (AvgIpc) is 3.03. The summed E-state index contributed by atoms with van der Waals surface area (Å²) in [5.41, 5.74) is 2.45. The number of fused-ring (bicyclic) bond motifs is 1. The second-order valence-corrected chi connectivity index (χ2v) is 10.7. The Bertz CT molecular complexity index is 1500. The third-order valence-corrected chi connectivity index (χ3v) is 7.89. The number of carbonyl (C=O) groups is 3. The summed E-state index contributed by atoms with van der Waals surface area (Å²) in [6.07, 6.45) is 1.07. The first-order valence-electron chi connectivity index (χ1n) is 14.4. The van der Waals surface area contributed by atoms with E-state index in [0.29, 0.717) is 18.0 Å². The molecule has 2 N–H and O–H groups in total. The molecular formula is C33H37N5O6. The molecule has 0 bridgehead atoms. The summed E-state index contributed by atoms with van der Waals surface area (Å²) < 4.78 is 10.9. The van der Waals surface area contributed by atoms with Crippen molar-refractivity contribution < 1.29 is 29.0 Å². The summed E-state index contributed by atoms with van der Waals surface area (Å²) in [5.74, 6) is 0.765. The standard InChI is InChI=1S/C33H37N5O6/c1-4-16-36-22-31(40)37-28(17-23-10-13-26(39)14-11-23)32(41)35(20-25-12-15-27(43-2)18-29(25)44-3)21-30(37)38(36)33(42)34-19-24-8-6-5-7-9-24/h4-15,18,28,30,39H,1,16-17,19-22H2,2-3H3,(H,34,42)/t28-,30-/m0/s1. The maximum Gasteiger partial charge on any atom is 0.334 e. The molecule has 2 aliphatic heterocycles. The van der Waals surface area contributed by atoms with Crippen LogP contribution in [0.15, 0.2) is 85.5 Å². The first kappa shape index (κ1) is 30.4. The largest absolute Gasteiger partial charge is 0.508 e. The fraction of sp³-hybridized carbons (Fsp3) is 0.303. The molecule has 0 saturated carbocycles. The van der Waals surface area contributed by atoms with Crippen molar-refractivity contribution in [3.8, 4) is 17.2 Å². The van der Waals surface area contributed by atoms with Crippen molar-refractivity contribution in [1.29, 1.82) is 0 Å². The maximum absolute atomic E-state index is 14.2. The van der Waals surface area contributed by atoms with Crippen molar-refractivity contribution in [2.75, 3.05) is 33.9 Å². The van der Waals surface area contributed by atoms with Gasteiger partial charge in [-0.2, -0.15) is 0 Å². The molecule has 3 aromatic rings. The third-order valence-electron chi connectivity index (χ3n) is 7.89. The SMILES string of the molecule is C=CCN1CC(=O)N2[C@@H](Cc3ccc(O)cc3)C(=O)N(Cc3ccc(OC)cc3OC)C[C@@H]2N1C(=O)NCc1ccccc1. The third kappa shape index (κ3) is 6.47. The topological polar surface area (TPSA) is 115 Å². The average molecular weight is 600 g/mol. The van der Waals surface area contributed by atoms with Gasteiger partial charge < -0.3 is 29.7 Å². The molecule has 0 spiro atoms. The first-order chi connectivity index (χ1) is 21.3. The van der Waals surface area contributed by atoms with Gasteiger partial charge >= 0.3 is 6.03 Å². The number of phenolic OH excluding ortho intramolecular Hbond substituents is 1. The highest BCUT2D eigenvalue weighted by Crippen LogP contribution is 2.32. The predicted octanol–water partition coefficient (Wildman–Crippen LogP) is 3.15. The van der Waals surface area contributed by atoms with Gasteiger partial charge in [0.15, 0.2) is 0 Å². The van der Waals surface area contributed by atoms with Crippen LogP contribution in [0.3, 0.4) is 0 Å². The molecule has 2 atom stereocenters. The van der Waals surface area contributed by atoms with Gasteiger partial charge in [0.05, 0.1) is 27.3 Å². The number of hydrogen-bond donors (Lipinski definition) is 2. The van der Waals surface area contributed by atoms with E-state index in [9.17, 15) is 19.5 Å². The lowest BCUT2D eigenvalue weighted by atomic mass is 9.98. The molecule has 0 unspecified atom stereocenters. The Morgan fingerprint density at radius 2 is 1.77 bits per heavy atom. The Kier molecular flexibility index (Phi) is 9.35. The van der Waals surface area contributed by atoms with Gasteiger partial charge in [0.1, 0.15) is 29.5 Å². The first-order valence-corrected chi connectivity index (χ1v) is 14.4. The van der Waals surface area contributed by atoms with Crippen LogP contribution in [0.5, 0.6) is 17.2 Å². The number of benzene rings is 3. The number of amides is 4. The number of hydrazine groups is 1. The van der Waals surface area contributed by atoms with Crippen LogP contribution in [-0.2, 0) is 29.1 Å². The van der Waals surface area contributed by atoms with Gasteiger partial charge in [-0.3, -0.25) is 9.59 Å². The van der Waals surface area contributed by atoms with E-state index >= 15 is 0 Å². The summed E-state index contributed by atoms with van der Waals surface area (Å²) in [5, 5.41) is 16.0. The number of hydrogen-bond acceptors (Lipinski definition) is 7. The number of nitrogens with zero attached hydrogens (tertiary/aromatic N) is 4. The van der Waals surface area contributed by atoms with Gasteiger partial charge in [-0.1, -0.05) is 48.5 Å². The van der Waals surface area contributed by atoms with Crippen molar-refractivity contribution in [3.05, 3.63) is 102 Å². The number of rotatable bonds is 10. The molecule has 2 fully saturated rings. The van der Waals surface area contributed by atoms with Crippen molar-refractivity contribution in [3.63, 3.8) is 0 Å². The number of methoxy groups -OCH3 is 2. The minimum atomic E-state index is -0.884. The number of ether oxygens (including phenoxy) is 2. The minimum Gasteiger partial charge on any atom is -0.508 e. The molecule has 5 rings (SSSR count). The minimum absolute atomic E-state index is 0.0816. The van der Waals surface area contributed by atoms with Crippen molar-refractivity contribution in [1.82, 2.24) is 25.1 Å². The molecule has 230 valence electrons. The van der Waals surface area contributed by atoms with Crippen molar-refractivity contribution in [2.45, 2.75) is 31.7 Å². The summed E-state index contributed by atoms with van der Waals surface area (Å²) in [7, 11) is 3.12. The highest BCUT2D eigenvalue weighted by Gasteiger charge is 2.51. The molecule has 0 aromatic heterocycles. The number of aromatic hydroxyl groups is 1. The summed E-state index contributed by atoms with van der Waals surface area (Å²) in [6, 6.07) is 20.2. The van der Waals surface area contributed by atoms with Crippen LogP contribution in [0.1, 0.15) is 16.7 Å². The molecule has 0 aliphatic carbocycles. The van der Waals surface area contributed by atoms with E-state index in [2.05, 4.69) is 11.9 Å². The van der Waals surface area contributed by atoms with E-state index < -0.39 is 18.2 Å². The van der Waals surface area contributed by atoms with E-state index in [1.54, 1.807) is 76.5 Å². The Balaban J connectivity index is 1.51. The molecule has 2 heterocycles. The highest BCUT2D eigenvalue weighted by molar-refractivity contribution is 5.91. The van der Waals surface area contributed by atoms with Gasteiger partial charge in [-0.05, 0) is 35.4 Å². The number of carbonyl (C=O) groups excluding carboxylic acids is 3. The van der Waals surface area contributed by atoms with E-state index in [0.717, 1.165) is 16.7 Å². The van der Waals surface area contributed by atoms with E-state index in [1.807, 2.05) is 36.4 Å². The lowest BCUT2D eigenvalue weighted by Crippen LogP contribution is -2.76. The van der Waals surface area contributed by atoms with Gasteiger partial charge in [0.25, 0.3) is 0 Å². The zero-order valence-corrected chi connectivity index (χ0v) is 24.9. The maximum atomic E-state index is 14.2. The van der Waals surface area contributed by atoms with E-state index in [1.165, 1.54) is 0 Å². The Morgan fingerprint density at radius 1 is 1.02 bits per heavy atom. The highest BCUT2D eigenvalue weighted by atomic mass is 16.5. The van der Waals surface area contributed by atoms with Crippen LogP contribution < -0.4 is 14.8 Å². The summed E-state index contributed by atoms with van der Waals surface area (Å²) in [4.78, 5) is 45.0. The summed E-state index contributed by atoms with van der Waals surface area (Å²) >= 11 is 0. The normalized spacial score (nSPS) is 18.5.